The van der Waals surface area contributed by atoms with E-state index in [0.29, 0.717) is 6.61 Å². The van der Waals surface area contributed by atoms with Crippen LogP contribution in [0.2, 0.25) is 0 Å². The quantitative estimate of drug-likeness (QED) is 0.485. The van der Waals surface area contributed by atoms with Crippen molar-refractivity contribution in [3.63, 3.8) is 0 Å². The van der Waals surface area contributed by atoms with Gasteiger partial charge < -0.3 is 9.47 Å². The predicted molar refractivity (Wildman–Crippen MR) is 111 cm³/mol. The molecule has 0 saturated heterocycles. The van der Waals surface area contributed by atoms with Gasteiger partial charge in [0.05, 0.1) is 6.61 Å². The summed E-state index contributed by atoms with van der Waals surface area (Å²) in [5.74, 6) is 0.108. The molecule has 0 heterocycles. The Morgan fingerprint density at radius 1 is 0.897 bits per heavy atom. The van der Waals surface area contributed by atoms with Crippen molar-refractivity contribution in [1.82, 2.24) is 0 Å². The van der Waals surface area contributed by atoms with Crippen LogP contribution in [0.4, 0.5) is 0 Å². The van der Waals surface area contributed by atoms with E-state index >= 15 is 0 Å². The van der Waals surface area contributed by atoms with Gasteiger partial charge in [0, 0.05) is 12.5 Å². The molecule has 0 bridgehead atoms. The largest absolute Gasteiger partial charge is 0.490 e. The summed E-state index contributed by atoms with van der Waals surface area (Å²) in [5, 5.41) is 0. The lowest BCUT2D eigenvalue weighted by Gasteiger charge is -2.29. The molecule has 0 aliphatic heterocycles. The molecule has 29 heavy (non-hydrogen) atoms. The number of fused-ring (bicyclic) bond motifs is 3. The van der Waals surface area contributed by atoms with Gasteiger partial charge in [-0.15, -0.1) is 0 Å². The van der Waals surface area contributed by atoms with Gasteiger partial charge in [-0.25, -0.2) is 0 Å². The van der Waals surface area contributed by atoms with Gasteiger partial charge in [-0.2, -0.15) is 8.42 Å². The first-order valence-corrected chi connectivity index (χ1v) is 10.7. The molecule has 4 rings (SSSR count). The number of rotatable bonds is 6. The highest BCUT2D eigenvalue weighted by Crippen LogP contribution is 2.52. The molecular formula is C23H22O5S. The summed E-state index contributed by atoms with van der Waals surface area (Å²) in [6.07, 6.45) is 0. The third kappa shape index (κ3) is 3.23. The maximum atomic E-state index is 12.1. The molecule has 3 aromatic carbocycles. The van der Waals surface area contributed by atoms with Crippen molar-refractivity contribution in [3.05, 3.63) is 83.4 Å². The van der Waals surface area contributed by atoms with Crippen LogP contribution in [0.15, 0.2) is 71.6 Å². The van der Waals surface area contributed by atoms with Gasteiger partial charge in [0.25, 0.3) is 10.1 Å². The minimum Gasteiger partial charge on any atom is -0.490 e. The summed E-state index contributed by atoms with van der Waals surface area (Å²) in [5.41, 5.74) is 4.64. The van der Waals surface area contributed by atoms with Crippen LogP contribution >= 0.6 is 0 Å². The minimum atomic E-state index is -4.47. The fraction of sp³-hybridized carbons (Fsp3) is 0.217. The molecule has 1 aliphatic carbocycles. The Hall–Kier alpha value is -2.67. The van der Waals surface area contributed by atoms with E-state index in [4.69, 9.17) is 9.47 Å². The van der Waals surface area contributed by atoms with E-state index in [1.807, 2.05) is 30.3 Å². The lowest BCUT2D eigenvalue weighted by atomic mass is 9.74. The first kappa shape index (κ1) is 19.6. The van der Waals surface area contributed by atoms with E-state index in [9.17, 15) is 13.0 Å². The van der Waals surface area contributed by atoms with Gasteiger partial charge in [0.1, 0.15) is 17.3 Å². The maximum Gasteiger partial charge on any atom is 0.298 e. The fourth-order valence-electron chi connectivity index (χ4n) is 4.14. The molecule has 150 valence electrons. The van der Waals surface area contributed by atoms with Crippen LogP contribution in [0.5, 0.6) is 5.75 Å². The van der Waals surface area contributed by atoms with E-state index in [-0.39, 0.29) is 17.3 Å². The van der Waals surface area contributed by atoms with Crippen molar-refractivity contribution >= 4 is 10.1 Å². The van der Waals surface area contributed by atoms with Crippen LogP contribution in [-0.2, 0) is 20.3 Å². The van der Waals surface area contributed by atoms with Gasteiger partial charge in [-0.1, -0.05) is 54.6 Å². The maximum absolute atomic E-state index is 12.1. The molecule has 0 fully saturated rings. The Morgan fingerprint density at radius 3 is 2.03 bits per heavy atom. The molecule has 1 aliphatic rings. The zero-order valence-electron chi connectivity index (χ0n) is 16.3. The van der Waals surface area contributed by atoms with Crippen molar-refractivity contribution in [2.75, 3.05) is 20.3 Å². The van der Waals surface area contributed by atoms with E-state index in [1.165, 1.54) is 13.2 Å². The fourth-order valence-corrected chi connectivity index (χ4v) is 4.80. The SMILES string of the molecule is COCCOc1ccc(C2(C)c3ccccc3-c3ccccc32)cc1S(=O)(=O)O. The zero-order chi connectivity index (χ0) is 20.6. The van der Waals surface area contributed by atoms with Crippen molar-refractivity contribution in [1.29, 1.82) is 0 Å². The number of benzene rings is 3. The van der Waals surface area contributed by atoms with Crippen molar-refractivity contribution < 1.29 is 22.4 Å². The topological polar surface area (TPSA) is 72.8 Å². The monoisotopic (exact) mass is 410 g/mol. The number of hydrogen-bond acceptors (Lipinski definition) is 4. The van der Waals surface area contributed by atoms with E-state index in [2.05, 4.69) is 31.2 Å². The van der Waals surface area contributed by atoms with Gasteiger partial charge in [-0.05, 0) is 46.9 Å². The second kappa shape index (κ2) is 7.30. The second-order valence-electron chi connectivity index (χ2n) is 7.19. The molecule has 0 radical (unpaired) electrons. The highest BCUT2D eigenvalue weighted by atomic mass is 32.2. The Balaban J connectivity index is 1.91. The molecular weight excluding hydrogens is 388 g/mol. The second-order valence-corrected chi connectivity index (χ2v) is 8.58. The van der Waals surface area contributed by atoms with Crippen LogP contribution in [-0.4, -0.2) is 33.3 Å². The predicted octanol–water partition coefficient (Wildman–Crippen LogP) is 4.29. The third-order valence-corrected chi connectivity index (χ3v) is 6.44. The Kier molecular flexibility index (Phi) is 4.94. The Labute approximate surface area is 170 Å². The molecule has 0 saturated carbocycles. The lowest BCUT2D eigenvalue weighted by molar-refractivity contribution is 0.144. The zero-order valence-corrected chi connectivity index (χ0v) is 17.1. The van der Waals surface area contributed by atoms with Crippen LogP contribution < -0.4 is 4.74 Å². The highest BCUT2D eigenvalue weighted by Gasteiger charge is 2.41. The standard InChI is InChI=1S/C23H22O5S/c1-23(19-9-5-3-7-17(19)18-8-4-6-10-20(18)23)16-11-12-21(28-14-13-27-2)22(15-16)29(24,25)26/h3-12,15H,13-14H2,1-2H3,(H,24,25,26). The first-order chi connectivity index (χ1) is 13.9. The molecule has 5 nitrogen and oxygen atoms in total. The number of ether oxygens (including phenoxy) is 2. The van der Waals surface area contributed by atoms with Crippen molar-refractivity contribution in [2.45, 2.75) is 17.2 Å². The van der Waals surface area contributed by atoms with Crippen LogP contribution in [0.3, 0.4) is 0 Å². The molecule has 0 spiro atoms. The Morgan fingerprint density at radius 2 is 1.48 bits per heavy atom. The van der Waals surface area contributed by atoms with Crippen LogP contribution in [0, 0.1) is 0 Å². The van der Waals surface area contributed by atoms with Crippen molar-refractivity contribution in [2.24, 2.45) is 0 Å². The Bertz CT molecular complexity index is 1120. The normalized spacial score (nSPS) is 14.3. The van der Waals surface area contributed by atoms with E-state index in [1.54, 1.807) is 6.07 Å². The summed E-state index contributed by atoms with van der Waals surface area (Å²) in [6.45, 7) is 2.57. The van der Waals surface area contributed by atoms with Crippen molar-refractivity contribution in [3.8, 4) is 16.9 Å². The van der Waals surface area contributed by atoms with Crippen LogP contribution in [0.25, 0.3) is 11.1 Å². The molecule has 0 amide bonds. The average molecular weight is 410 g/mol. The minimum absolute atomic E-state index is 0.108. The number of hydrogen-bond donors (Lipinski definition) is 1. The summed E-state index contributed by atoms with van der Waals surface area (Å²) >= 11 is 0. The van der Waals surface area contributed by atoms with Gasteiger partial charge in [0.2, 0.25) is 0 Å². The van der Waals surface area contributed by atoms with Gasteiger partial charge in [0.15, 0.2) is 0 Å². The first-order valence-electron chi connectivity index (χ1n) is 9.30. The average Bonchev–Trinajstić information content (AvgIpc) is 2.98. The summed E-state index contributed by atoms with van der Waals surface area (Å²) in [6, 6.07) is 21.2. The molecule has 0 atom stereocenters. The van der Waals surface area contributed by atoms with Gasteiger partial charge in [-0.3, -0.25) is 4.55 Å². The summed E-state index contributed by atoms with van der Waals surface area (Å²) < 4.78 is 44.5. The summed E-state index contributed by atoms with van der Waals surface area (Å²) in [4.78, 5) is -0.241. The highest BCUT2D eigenvalue weighted by molar-refractivity contribution is 7.86. The van der Waals surface area contributed by atoms with E-state index in [0.717, 1.165) is 27.8 Å². The number of methoxy groups -OCH3 is 1. The molecule has 6 heteroatoms. The molecule has 0 aromatic heterocycles. The lowest BCUT2D eigenvalue weighted by Crippen LogP contribution is -2.23. The molecule has 3 aromatic rings. The molecule has 1 N–H and O–H groups in total. The van der Waals surface area contributed by atoms with Gasteiger partial charge >= 0.3 is 0 Å². The van der Waals surface area contributed by atoms with Crippen LogP contribution in [0.1, 0.15) is 23.6 Å². The van der Waals surface area contributed by atoms with E-state index < -0.39 is 15.5 Å². The smallest absolute Gasteiger partial charge is 0.298 e. The summed E-state index contributed by atoms with van der Waals surface area (Å²) in [7, 11) is -2.94. The third-order valence-electron chi connectivity index (χ3n) is 5.57. The molecule has 0 unspecified atom stereocenters.